The fourth-order valence-electron chi connectivity index (χ4n) is 2.57. The van der Waals surface area contributed by atoms with Gasteiger partial charge in [0.15, 0.2) is 0 Å². The van der Waals surface area contributed by atoms with E-state index in [-0.39, 0.29) is 31.2 Å². The zero-order chi connectivity index (χ0) is 34.7. The van der Waals surface area contributed by atoms with Crippen molar-refractivity contribution in [1.29, 1.82) is 0 Å². The molecule has 0 aliphatic heterocycles. The third kappa shape index (κ3) is 5.94. The number of alkyl halides is 11. The summed E-state index contributed by atoms with van der Waals surface area (Å²) < 4.78 is 262. The van der Waals surface area contributed by atoms with Crippen LogP contribution in [0.4, 0.5) is 48.3 Å². The lowest BCUT2D eigenvalue weighted by molar-refractivity contribution is -0.247. The summed E-state index contributed by atoms with van der Waals surface area (Å²) >= 11 is 0. The van der Waals surface area contributed by atoms with Gasteiger partial charge in [0, 0.05) is 5.56 Å². The Hall–Kier alpha value is -2.56. The van der Waals surface area contributed by atoms with E-state index < -0.39 is 96.6 Å². The Morgan fingerprint density at radius 1 is 0.698 bits per heavy atom. The molecule has 0 aliphatic carbocycles. The molecule has 0 saturated heterocycles. The molecular weight excluding hydrogens is 723 g/mol. The molecule has 0 fully saturated rings. The third-order valence-electron chi connectivity index (χ3n) is 4.99. The van der Waals surface area contributed by atoms with Crippen LogP contribution in [0.3, 0.4) is 0 Å². The summed E-state index contributed by atoms with van der Waals surface area (Å²) in [6.07, 6.45) is -2.33. The molecule has 1 aromatic carbocycles. The van der Waals surface area contributed by atoms with Crippen LogP contribution >= 0.6 is 0 Å². The first-order chi connectivity index (χ1) is 18.6. The van der Waals surface area contributed by atoms with Gasteiger partial charge in [0.25, 0.3) is 11.6 Å². The molecule has 43 heavy (non-hydrogen) atoms. The summed E-state index contributed by atoms with van der Waals surface area (Å²) in [6, 6.07) is -0.0346. The van der Waals surface area contributed by atoms with Crippen molar-refractivity contribution in [3.8, 4) is 5.75 Å². The largest absolute Gasteiger partial charge is 0.450 e. The zero-order valence-electron chi connectivity index (χ0n) is 19.8. The predicted molar refractivity (Wildman–Crippen MR) is 114 cm³/mol. The van der Waals surface area contributed by atoms with E-state index in [0.717, 1.165) is 0 Å². The van der Waals surface area contributed by atoms with Crippen LogP contribution in [0.25, 0.3) is 0 Å². The molecule has 1 amide bonds. The van der Waals surface area contributed by atoms with Crippen molar-refractivity contribution in [2.75, 3.05) is 0 Å². The molecule has 0 spiro atoms. The number of sulfonamides is 1. The average Bonchev–Trinajstić information content (AvgIpc) is 2.81. The minimum absolute atomic E-state index is 0.0340. The standard InChI is InChI=1S/C15H12F11NO12S4/c1-2-10(16,13(21,22)41(31,32)33)12(19,20)40(29,30)27-9(28)7-3-5-8(6-4-7)39-43(37,38)15(25,26)11(17,18)14(23,24)42(34,35)36/h3-6H,2H2,1H3,(H,27,28)(H,31,32,33)(H,34,35,36). The summed E-state index contributed by atoms with van der Waals surface area (Å²) in [5.41, 5.74) is -7.24. The highest BCUT2D eigenvalue weighted by Crippen LogP contribution is 2.52. The highest BCUT2D eigenvalue weighted by Gasteiger charge is 2.83. The van der Waals surface area contributed by atoms with Crippen LogP contribution in [0.5, 0.6) is 5.75 Å². The predicted octanol–water partition coefficient (Wildman–Crippen LogP) is 2.36. The Labute approximate surface area is 232 Å². The molecule has 0 aliphatic rings. The summed E-state index contributed by atoms with van der Waals surface area (Å²) in [7, 11) is -28.8. The molecule has 0 radical (unpaired) electrons. The molecule has 28 heteroatoms. The first kappa shape index (κ1) is 38.5. The second-order valence-electron chi connectivity index (χ2n) is 7.74. The third-order valence-corrected chi connectivity index (χ3v) is 9.61. The maximum atomic E-state index is 14.6. The highest BCUT2D eigenvalue weighted by atomic mass is 32.2. The maximum Gasteiger partial charge on any atom is 0.450 e. The van der Waals surface area contributed by atoms with Gasteiger partial charge >= 0.3 is 67.3 Å². The summed E-state index contributed by atoms with van der Waals surface area (Å²) in [5, 5.41) is -27.3. The Balaban J connectivity index is 3.39. The second-order valence-corrected chi connectivity index (χ2v) is 14.0. The van der Waals surface area contributed by atoms with E-state index in [9.17, 15) is 86.8 Å². The number of carbonyl (C=O) groups excluding carboxylic acids is 1. The van der Waals surface area contributed by atoms with Gasteiger partial charge < -0.3 is 4.18 Å². The fraction of sp³-hybridized carbons (Fsp3) is 0.533. The molecule has 1 unspecified atom stereocenters. The average molecular weight is 736 g/mol. The van der Waals surface area contributed by atoms with E-state index >= 15 is 0 Å². The van der Waals surface area contributed by atoms with Gasteiger partial charge in [-0.3, -0.25) is 13.9 Å². The lowest BCUT2D eigenvalue weighted by atomic mass is 10.0. The van der Waals surface area contributed by atoms with E-state index in [4.69, 9.17) is 9.11 Å². The van der Waals surface area contributed by atoms with E-state index in [1.165, 1.54) is 0 Å². The Morgan fingerprint density at radius 3 is 1.44 bits per heavy atom. The van der Waals surface area contributed by atoms with Crippen molar-refractivity contribution in [2.45, 2.75) is 46.0 Å². The molecule has 1 aromatic rings. The quantitative estimate of drug-likeness (QED) is 0.151. The van der Waals surface area contributed by atoms with E-state index in [0.29, 0.717) is 4.72 Å². The van der Waals surface area contributed by atoms with Crippen LogP contribution in [0, 0.1) is 0 Å². The van der Waals surface area contributed by atoms with E-state index in [2.05, 4.69) is 4.18 Å². The van der Waals surface area contributed by atoms with Gasteiger partial charge in [0.05, 0.1) is 0 Å². The van der Waals surface area contributed by atoms with Gasteiger partial charge in [0.2, 0.25) is 0 Å². The van der Waals surface area contributed by atoms with Crippen molar-refractivity contribution >= 4 is 46.3 Å². The zero-order valence-corrected chi connectivity index (χ0v) is 23.1. The van der Waals surface area contributed by atoms with Crippen molar-refractivity contribution in [2.24, 2.45) is 0 Å². The number of halogens is 11. The molecule has 3 N–H and O–H groups in total. The van der Waals surface area contributed by atoms with E-state index in [1.54, 1.807) is 0 Å². The lowest BCUT2D eigenvalue weighted by Gasteiger charge is -2.35. The monoisotopic (exact) mass is 735 g/mol. The van der Waals surface area contributed by atoms with Gasteiger partial charge in [-0.1, -0.05) is 6.92 Å². The smallest absolute Gasteiger partial charge is 0.378 e. The van der Waals surface area contributed by atoms with Crippen LogP contribution in [0.1, 0.15) is 23.7 Å². The van der Waals surface area contributed by atoms with Crippen LogP contribution in [-0.2, 0) is 40.4 Å². The number of amides is 1. The minimum Gasteiger partial charge on any atom is -0.378 e. The number of rotatable bonds is 13. The van der Waals surface area contributed by atoms with Crippen LogP contribution < -0.4 is 8.91 Å². The van der Waals surface area contributed by atoms with Crippen molar-refractivity contribution in [3.63, 3.8) is 0 Å². The van der Waals surface area contributed by atoms with Gasteiger partial charge in [-0.15, -0.1) is 0 Å². The number of carbonyl (C=O) groups is 1. The molecule has 0 saturated carbocycles. The first-order valence-corrected chi connectivity index (χ1v) is 15.5. The van der Waals surface area contributed by atoms with Crippen LogP contribution in [-0.4, -0.2) is 81.3 Å². The summed E-state index contributed by atoms with van der Waals surface area (Å²) in [5.74, 6) is -11.4. The number of nitrogens with one attached hydrogen (secondary N) is 1. The topological polar surface area (TPSA) is 215 Å². The fourth-order valence-corrected chi connectivity index (χ4v) is 5.94. The van der Waals surface area contributed by atoms with Crippen molar-refractivity contribution < 1.29 is 100 Å². The molecule has 0 aromatic heterocycles. The molecule has 1 atom stereocenters. The maximum absolute atomic E-state index is 14.6. The van der Waals surface area contributed by atoms with Crippen molar-refractivity contribution in [1.82, 2.24) is 4.72 Å². The van der Waals surface area contributed by atoms with Crippen LogP contribution in [0.15, 0.2) is 24.3 Å². The van der Waals surface area contributed by atoms with Gasteiger partial charge in [0.1, 0.15) is 5.75 Å². The first-order valence-electron chi connectivity index (χ1n) is 9.75. The molecule has 13 nitrogen and oxygen atoms in total. The molecular formula is C15H12F11NO12S4. The molecule has 1 rings (SSSR count). The summed E-state index contributed by atoms with van der Waals surface area (Å²) in [6.45, 7) is 0.0837. The van der Waals surface area contributed by atoms with E-state index in [1.807, 2.05) is 0 Å². The summed E-state index contributed by atoms with van der Waals surface area (Å²) in [4.78, 5) is 12.0. The number of benzene rings is 1. The number of hydrogen-bond acceptors (Lipinski definition) is 10. The molecule has 0 heterocycles. The molecule has 0 bridgehead atoms. The lowest BCUT2D eigenvalue weighted by Crippen LogP contribution is -2.65. The Bertz CT molecular complexity index is 1700. The normalized spacial score (nSPS) is 16.3. The Morgan fingerprint density at radius 2 is 1.09 bits per heavy atom. The SMILES string of the molecule is CCC(F)(C(F)(F)S(=O)(=O)O)C(F)(F)S(=O)(=O)NC(=O)c1ccc(OS(=O)(=O)C(F)(F)C(F)(F)C(F)(F)S(=O)(=O)O)cc1. The van der Waals surface area contributed by atoms with Gasteiger partial charge in [-0.25, -0.2) is 9.11 Å². The van der Waals surface area contributed by atoms with Gasteiger partial charge in [-0.05, 0) is 30.7 Å². The second kappa shape index (κ2) is 10.8. The number of hydrogen-bond donors (Lipinski definition) is 3. The van der Waals surface area contributed by atoms with Gasteiger partial charge in [-0.2, -0.15) is 77.6 Å². The minimum atomic E-state index is -7.41. The highest BCUT2D eigenvalue weighted by molar-refractivity contribution is 7.91. The molecule has 250 valence electrons. The van der Waals surface area contributed by atoms with Crippen molar-refractivity contribution in [3.05, 3.63) is 29.8 Å². The Kier molecular flexibility index (Phi) is 9.67. The van der Waals surface area contributed by atoms with Crippen LogP contribution in [0.2, 0.25) is 0 Å².